The average Bonchev–Trinajstić information content (AvgIpc) is 2.58. The van der Waals surface area contributed by atoms with E-state index in [1.807, 2.05) is 27.7 Å². The average molecular weight is 377 g/mol. The number of carbonyl (C=O) groups excluding carboxylic acids is 2. The van der Waals surface area contributed by atoms with Crippen LogP contribution in [0.4, 0.5) is 0 Å². The minimum Gasteiger partial charge on any atom is -0.489 e. The number of hydrogen-bond donors (Lipinski definition) is 0. The van der Waals surface area contributed by atoms with Crippen molar-refractivity contribution >= 4 is 11.6 Å². The molecule has 152 valence electrons. The summed E-state index contributed by atoms with van der Waals surface area (Å²) in [4.78, 5) is 25.5. The molecule has 4 heteroatoms. The van der Waals surface area contributed by atoms with E-state index in [9.17, 15) is 9.59 Å². The third kappa shape index (κ3) is 6.23. The van der Waals surface area contributed by atoms with Crippen molar-refractivity contribution in [3.05, 3.63) is 46.0 Å². The van der Waals surface area contributed by atoms with Crippen molar-refractivity contribution in [2.45, 2.75) is 68.2 Å². The summed E-state index contributed by atoms with van der Waals surface area (Å²) in [6.45, 7) is 15.8. The van der Waals surface area contributed by atoms with Crippen LogP contribution >= 0.6 is 0 Å². The highest BCUT2D eigenvalue weighted by Crippen LogP contribution is 2.38. The topological polar surface area (TPSA) is 52.6 Å². The maximum Gasteiger partial charge on any atom is 0.228 e. The van der Waals surface area contributed by atoms with Crippen LogP contribution in [0, 0.1) is 5.41 Å². The Morgan fingerprint density at radius 3 is 1.89 bits per heavy atom. The number of ether oxygens (including phenoxy) is 2. The summed E-state index contributed by atoms with van der Waals surface area (Å²) >= 11 is 0. The number of methoxy groups -OCH3 is 2. The van der Waals surface area contributed by atoms with E-state index in [1.165, 1.54) is 25.4 Å². The van der Waals surface area contributed by atoms with Gasteiger partial charge in [-0.25, -0.2) is 0 Å². The van der Waals surface area contributed by atoms with Gasteiger partial charge in [-0.2, -0.15) is 0 Å². The zero-order valence-electron chi connectivity index (χ0n) is 18.7. The minimum atomic E-state index is -0.574. The third-order valence-electron chi connectivity index (χ3n) is 4.31. The first-order chi connectivity index (χ1) is 12.6. The number of Topliss-reactive ketones (excluding diaryl/α,β-unsaturated/α-hetero) is 2. The van der Waals surface area contributed by atoms with Gasteiger partial charge in [0.15, 0.2) is 0 Å². The van der Waals surface area contributed by atoms with Gasteiger partial charge in [0.25, 0.3) is 0 Å². The molecule has 0 unspecified atom stereocenters. The molecule has 0 bridgehead atoms. The molecule has 1 rings (SSSR count). The van der Waals surface area contributed by atoms with Gasteiger partial charge >= 0.3 is 0 Å². The first kappa shape index (κ1) is 24.9. The van der Waals surface area contributed by atoms with Crippen molar-refractivity contribution in [2.75, 3.05) is 14.2 Å². The predicted octanol–water partition coefficient (Wildman–Crippen LogP) is 5.70. The van der Waals surface area contributed by atoms with Gasteiger partial charge in [0.05, 0.1) is 14.2 Å². The molecule has 0 atom stereocenters. The van der Waals surface area contributed by atoms with Crippen molar-refractivity contribution in [2.24, 2.45) is 5.41 Å². The Morgan fingerprint density at radius 1 is 0.963 bits per heavy atom. The van der Waals surface area contributed by atoms with E-state index in [-0.39, 0.29) is 23.1 Å². The summed E-state index contributed by atoms with van der Waals surface area (Å²) in [7, 11) is 2.75. The molecule has 0 saturated carbocycles. The molecule has 0 amide bonds. The molecule has 1 aliphatic carbocycles. The lowest BCUT2D eigenvalue weighted by atomic mass is 9.74. The van der Waals surface area contributed by atoms with Crippen molar-refractivity contribution in [3.63, 3.8) is 0 Å². The van der Waals surface area contributed by atoms with Gasteiger partial charge in [-0.15, -0.1) is 0 Å². The standard InChI is InChI=1S/C21H30O4.C2H6/c1-13(2)10-9-11-14(3)12-21(5,6)16-15(4)17(22)19(24-7)20(25-8)18(16)23;1-2/h10,12H,9,11H2,1-8H3;1-2H3/b14-12-;. The summed E-state index contributed by atoms with van der Waals surface area (Å²) in [6.07, 6.45) is 6.14. The molecule has 0 heterocycles. The van der Waals surface area contributed by atoms with Crippen LogP contribution in [0.25, 0.3) is 0 Å². The van der Waals surface area contributed by atoms with Crippen molar-refractivity contribution < 1.29 is 19.1 Å². The lowest BCUT2D eigenvalue weighted by molar-refractivity contribution is -0.121. The van der Waals surface area contributed by atoms with Crippen LogP contribution in [-0.4, -0.2) is 25.8 Å². The zero-order valence-corrected chi connectivity index (χ0v) is 18.7. The van der Waals surface area contributed by atoms with Gasteiger partial charge in [-0.3, -0.25) is 9.59 Å². The van der Waals surface area contributed by atoms with E-state index >= 15 is 0 Å². The number of carbonyl (C=O) groups is 2. The van der Waals surface area contributed by atoms with Crippen molar-refractivity contribution in [1.29, 1.82) is 0 Å². The molecule has 27 heavy (non-hydrogen) atoms. The number of hydrogen-bond acceptors (Lipinski definition) is 4. The van der Waals surface area contributed by atoms with E-state index in [0.717, 1.165) is 12.8 Å². The largest absolute Gasteiger partial charge is 0.489 e. The van der Waals surface area contributed by atoms with E-state index in [0.29, 0.717) is 11.1 Å². The molecule has 0 aromatic heterocycles. The number of ketones is 2. The molecule has 0 aromatic rings. The van der Waals surface area contributed by atoms with Crippen LogP contribution in [0.3, 0.4) is 0 Å². The van der Waals surface area contributed by atoms with Gasteiger partial charge < -0.3 is 9.47 Å². The second-order valence-corrected chi connectivity index (χ2v) is 7.26. The molecular formula is C23H36O4. The molecule has 0 aromatic carbocycles. The summed E-state index contributed by atoms with van der Waals surface area (Å²) in [5.74, 6) is -0.613. The highest BCUT2D eigenvalue weighted by molar-refractivity contribution is 6.24. The van der Waals surface area contributed by atoms with E-state index in [1.54, 1.807) is 6.92 Å². The smallest absolute Gasteiger partial charge is 0.228 e. The zero-order chi connectivity index (χ0) is 21.4. The Bertz CT molecular complexity index is 681. The van der Waals surface area contributed by atoms with Gasteiger partial charge in [-0.05, 0) is 40.5 Å². The van der Waals surface area contributed by atoms with Gasteiger partial charge in [0.2, 0.25) is 23.1 Å². The van der Waals surface area contributed by atoms with Crippen LogP contribution < -0.4 is 0 Å². The summed E-state index contributed by atoms with van der Waals surface area (Å²) in [5.41, 5.74) is 2.79. The van der Waals surface area contributed by atoms with Crippen molar-refractivity contribution in [3.8, 4) is 0 Å². The molecule has 1 aliphatic rings. The Hall–Kier alpha value is -2.10. The molecule has 0 saturated heterocycles. The second-order valence-electron chi connectivity index (χ2n) is 7.26. The predicted molar refractivity (Wildman–Crippen MR) is 111 cm³/mol. The molecule has 0 spiro atoms. The monoisotopic (exact) mass is 376 g/mol. The fourth-order valence-electron chi connectivity index (χ4n) is 3.27. The van der Waals surface area contributed by atoms with Crippen LogP contribution in [0.2, 0.25) is 0 Å². The highest BCUT2D eigenvalue weighted by Gasteiger charge is 2.40. The Balaban J connectivity index is 0.00000326. The second kappa shape index (κ2) is 10.9. The highest BCUT2D eigenvalue weighted by atomic mass is 16.5. The molecule has 0 radical (unpaired) electrons. The maximum atomic E-state index is 12.9. The van der Waals surface area contributed by atoms with Gasteiger partial charge in [-0.1, -0.05) is 51.0 Å². The molecular weight excluding hydrogens is 340 g/mol. The summed E-state index contributed by atoms with van der Waals surface area (Å²) in [5, 5.41) is 0. The molecule has 0 aliphatic heterocycles. The lowest BCUT2D eigenvalue weighted by Gasteiger charge is -2.30. The third-order valence-corrected chi connectivity index (χ3v) is 4.31. The quantitative estimate of drug-likeness (QED) is 0.422. The Morgan fingerprint density at radius 2 is 1.44 bits per heavy atom. The fourth-order valence-corrected chi connectivity index (χ4v) is 3.27. The van der Waals surface area contributed by atoms with E-state index in [4.69, 9.17) is 9.47 Å². The summed E-state index contributed by atoms with van der Waals surface area (Å²) < 4.78 is 10.3. The molecule has 0 fully saturated rings. The van der Waals surface area contributed by atoms with Crippen LogP contribution in [0.5, 0.6) is 0 Å². The first-order valence-electron chi connectivity index (χ1n) is 9.51. The van der Waals surface area contributed by atoms with Crippen LogP contribution in [-0.2, 0) is 19.1 Å². The summed E-state index contributed by atoms with van der Waals surface area (Å²) in [6, 6.07) is 0. The van der Waals surface area contributed by atoms with E-state index in [2.05, 4.69) is 32.9 Å². The van der Waals surface area contributed by atoms with Crippen LogP contribution in [0.15, 0.2) is 46.0 Å². The Labute approximate surface area is 165 Å². The van der Waals surface area contributed by atoms with Crippen molar-refractivity contribution in [1.82, 2.24) is 0 Å². The normalized spacial score (nSPS) is 15.4. The Kier molecular flexibility index (Phi) is 10.1. The first-order valence-corrected chi connectivity index (χ1v) is 9.51. The number of allylic oxidation sites excluding steroid dienone is 6. The SMILES string of the molecule is CC.COC1=C(OC)C(=O)C(C(C)(C)/C=C(/C)CCC=C(C)C)=C(C)C1=O. The van der Waals surface area contributed by atoms with E-state index < -0.39 is 5.41 Å². The maximum absolute atomic E-state index is 12.9. The fraction of sp³-hybridized carbons (Fsp3) is 0.565. The van der Waals surface area contributed by atoms with Crippen LogP contribution in [0.1, 0.15) is 68.2 Å². The minimum absolute atomic E-state index is 0.0169. The van der Waals surface area contributed by atoms with Gasteiger partial charge in [0.1, 0.15) is 0 Å². The molecule has 0 N–H and O–H groups in total. The van der Waals surface area contributed by atoms with Gasteiger partial charge in [0, 0.05) is 16.6 Å². The molecule has 4 nitrogen and oxygen atoms in total. The lowest BCUT2D eigenvalue weighted by Crippen LogP contribution is -2.31. The number of rotatable bonds is 7.